The Morgan fingerprint density at radius 1 is 1.29 bits per heavy atom. The van der Waals surface area contributed by atoms with Crippen LogP contribution in [0.4, 0.5) is 0 Å². The molecule has 17 heavy (non-hydrogen) atoms. The third-order valence-electron chi connectivity index (χ3n) is 3.57. The van der Waals surface area contributed by atoms with Gasteiger partial charge < -0.3 is 10.1 Å². The molecule has 1 aliphatic carbocycles. The van der Waals surface area contributed by atoms with E-state index in [0.29, 0.717) is 6.04 Å². The minimum Gasteiger partial charge on any atom is -0.492 e. The molecule has 94 valence electrons. The van der Waals surface area contributed by atoms with Gasteiger partial charge in [0.15, 0.2) is 0 Å². The highest BCUT2D eigenvalue weighted by atomic mass is 16.5. The molecule has 2 rings (SSSR count). The minimum atomic E-state index is 0.466. The number of nitrogens with one attached hydrogen (secondary N) is 1. The lowest BCUT2D eigenvalue weighted by molar-refractivity contribution is 0.262. The SMILES string of the molecule is CCCC(COc1ccc2c(c1)CCC2)NC. The molecule has 0 aromatic heterocycles. The van der Waals surface area contributed by atoms with Gasteiger partial charge in [0.1, 0.15) is 12.4 Å². The summed E-state index contributed by atoms with van der Waals surface area (Å²) in [6.45, 7) is 2.98. The van der Waals surface area contributed by atoms with Crippen molar-refractivity contribution in [3.05, 3.63) is 29.3 Å². The maximum atomic E-state index is 5.87. The molecular weight excluding hydrogens is 210 g/mol. The zero-order valence-corrected chi connectivity index (χ0v) is 11.0. The molecule has 0 fully saturated rings. The average Bonchev–Trinajstić information content (AvgIpc) is 2.81. The first-order valence-corrected chi connectivity index (χ1v) is 6.75. The monoisotopic (exact) mass is 233 g/mol. The van der Waals surface area contributed by atoms with E-state index in [1.54, 1.807) is 0 Å². The normalized spacial score (nSPS) is 15.6. The zero-order chi connectivity index (χ0) is 12.1. The van der Waals surface area contributed by atoms with Crippen LogP contribution in [0.2, 0.25) is 0 Å². The van der Waals surface area contributed by atoms with Crippen LogP contribution < -0.4 is 10.1 Å². The van der Waals surface area contributed by atoms with Gasteiger partial charge in [-0.2, -0.15) is 0 Å². The molecule has 0 amide bonds. The van der Waals surface area contributed by atoms with Crippen LogP contribution in [0.3, 0.4) is 0 Å². The summed E-state index contributed by atoms with van der Waals surface area (Å²) in [5.74, 6) is 1.03. The Bertz CT molecular complexity index is 362. The number of hydrogen-bond acceptors (Lipinski definition) is 2. The summed E-state index contributed by atoms with van der Waals surface area (Å²) in [6, 6.07) is 7.03. The van der Waals surface area contributed by atoms with E-state index in [0.717, 1.165) is 12.4 Å². The first-order valence-electron chi connectivity index (χ1n) is 6.75. The third kappa shape index (κ3) is 3.22. The van der Waals surface area contributed by atoms with Crippen LogP contribution in [0.25, 0.3) is 0 Å². The number of ether oxygens (including phenoxy) is 1. The third-order valence-corrected chi connectivity index (χ3v) is 3.57. The number of fused-ring (bicyclic) bond motifs is 1. The molecule has 1 atom stereocenters. The van der Waals surface area contributed by atoms with Gasteiger partial charge in [-0.15, -0.1) is 0 Å². The maximum Gasteiger partial charge on any atom is 0.119 e. The largest absolute Gasteiger partial charge is 0.492 e. The van der Waals surface area contributed by atoms with E-state index in [1.807, 2.05) is 7.05 Å². The summed E-state index contributed by atoms with van der Waals surface area (Å²) < 4.78 is 5.87. The van der Waals surface area contributed by atoms with E-state index in [1.165, 1.54) is 43.2 Å². The number of hydrogen-bond donors (Lipinski definition) is 1. The van der Waals surface area contributed by atoms with E-state index < -0.39 is 0 Å². The molecule has 0 heterocycles. The molecule has 1 aromatic rings. The summed E-state index contributed by atoms with van der Waals surface area (Å²) in [5, 5.41) is 3.30. The predicted octanol–water partition coefficient (Wildman–Crippen LogP) is 2.94. The fourth-order valence-corrected chi connectivity index (χ4v) is 2.49. The lowest BCUT2D eigenvalue weighted by atomic mass is 10.1. The van der Waals surface area contributed by atoms with Crippen molar-refractivity contribution in [1.29, 1.82) is 0 Å². The van der Waals surface area contributed by atoms with Crippen molar-refractivity contribution >= 4 is 0 Å². The van der Waals surface area contributed by atoms with Gasteiger partial charge in [-0.25, -0.2) is 0 Å². The summed E-state index contributed by atoms with van der Waals surface area (Å²) in [4.78, 5) is 0. The quantitative estimate of drug-likeness (QED) is 0.815. The van der Waals surface area contributed by atoms with Crippen LogP contribution in [-0.2, 0) is 12.8 Å². The van der Waals surface area contributed by atoms with Crippen molar-refractivity contribution in [2.24, 2.45) is 0 Å². The predicted molar refractivity (Wildman–Crippen MR) is 71.7 cm³/mol. The van der Waals surface area contributed by atoms with Crippen molar-refractivity contribution in [2.45, 2.75) is 45.1 Å². The van der Waals surface area contributed by atoms with Gasteiger partial charge in [0, 0.05) is 6.04 Å². The van der Waals surface area contributed by atoms with Gasteiger partial charge in [-0.3, -0.25) is 0 Å². The van der Waals surface area contributed by atoms with E-state index in [9.17, 15) is 0 Å². The van der Waals surface area contributed by atoms with Crippen LogP contribution >= 0.6 is 0 Å². The van der Waals surface area contributed by atoms with Crippen LogP contribution in [0, 0.1) is 0 Å². The highest BCUT2D eigenvalue weighted by Crippen LogP contribution is 2.26. The van der Waals surface area contributed by atoms with Gasteiger partial charge in [0.2, 0.25) is 0 Å². The molecule has 0 saturated carbocycles. The summed E-state index contributed by atoms with van der Waals surface area (Å²) in [7, 11) is 2.01. The van der Waals surface area contributed by atoms with Gasteiger partial charge >= 0.3 is 0 Å². The molecule has 2 heteroatoms. The van der Waals surface area contributed by atoms with Gasteiger partial charge in [-0.05, 0) is 56.0 Å². The molecule has 0 aliphatic heterocycles. The van der Waals surface area contributed by atoms with E-state index >= 15 is 0 Å². The first-order chi connectivity index (χ1) is 8.33. The molecule has 0 saturated heterocycles. The topological polar surface area (TPSA) is 21.3 Å². The highest BCUT2D eigenvalue weighted by molar-refractivity contribution is 5.38. The Balaban J connectivity index is 1.90. The Morgan fingerprint density at radius 2 is 2.12 bits per heavy atom. The van der Waals surface area contributed by atoms with Crippen LogP contribution in [0.15, 0.2) is 18.2 Å². The molecule has 1 aromatic carbocycles. The van der Waals surface area contributed by atoms with Crippen molar-refractivity contribution in [3.8, 4) is 5.75 Å². The molecule has 1 unspecified atom stereocenters. The fraction of sp³-hybridized carbons (Fsp3) is 0.600. The first kappa shape index (κ1) is 12.4. The molecule has 0 spiro atoms. The van der Waals surface area contributed by atoms with Crippen molar-refractivity contribution in [2.75, 3.05) is 13.7 Å². The number of rotatable bonds is 6. The maximum absolute atomic E-state index is 5.87. The van der Waals surface area contributed by atoms with Gasteiger partial charge in [-0.1, -0.05) is 19.4 Å². The highest BCUT2D eigenvalue weighted by Gasteiger charge is 2.12. The number of likely N-dealkylation sites (N-methyl/N-ethyl adjacent to an activating group) is 1. The Morgan fingerprint density at radius 3 is 2.88 bits per heavy atom. The Kier molecular flexibility index (Phi) is 4.43. The summed E-state index contributed by atoms with van der Waals surface area (Å²) in [5.41, 5.74) is 3.00. The van der Waals surface area contributed by atoms with Crippen molar-refractivity contribution in [1.82, 2.24) is 5.32 Å². The molecule has 2 nitrogen and oxygen atoms in total. The van der Waals surface area contributed by atoms with Crippen LogP contribution in [0.1, 0.15) is 37.3 Å². The second kappa shape index (κ2) is 6.06. The Labute approximate surface area is 104 Å². The van der Waals surface area contributed by atoms with Crippen LogP contribution in [0.5, 0.6) is 5.75 Å². The second-order valence-electron chi connectivity index (χ2n) is 4.87. The lowest BCUT2D eigenvalue weighted by Gasteiger charge is -2.16. The minimum absolute atomic E-state index is 0.466. The lowest BCUT2D eigenvalue weighted by Crippen LogP contribution is -2.31. The molecule has 1 aliphatic rings. The molecule has 1 N–H and O–H groups in total. The summed E-state index contributed by atoms with van der Waals surface area (Å²) in [6.07, 6.45) is 6.12. The molecule has 0 bridgehead atoms. The van der Waals surface area contributed by atoms with E-state index in [2.05, 4.69) is 30.4 Å². The fourth-order valence-electron chi connectivity index (χ4n) is 2.49. The average molecular weight is 233 g/mol. The molecular formula is C15H23NO. The second-order valence-corrected chi connectivity index (χ2v) is 4.87. The Hall–Kier alpha value is -1.02. The van der Waals surface area contributed by atoms with Crippen LogP contribution in [-0.4, -0.2) is 19.7 Å². The van der Waals surface area contributed by atoms with E-state index in [4.69, 9.17) is 4.74 Å². The smallest absolute Gasteiger partial charge is 0.119 e. The molecule has 0 radical (unpaired) electrons. The number of benzene rings is 1. The van der Waals surface area contributed by atoms with E-state index in [-0.39, 0.29) is 0 Å². The van der Waals surface area contributed by atoms with Crippen molar-refractivity contribution in [3.63, 3.8) is 0 Å². The zero-order valence-electron chi connectivity index (χ0n) is 11.0. The number of aryl methyl sites for hydroxylation is 2. The van der Waals surface area contributed by atoms with Crippen molar-refractivity contribution < 1.29 is 4.74 Å². The van der Waals surface area contributed by atoms with Gasteiger partial charge in [0.05, 0.1) is 0 Å². The summed E-state index contributed by atoms with van der Waals surface area (Å²) >= 11 is 0. The van der Waals surface area contributed by atoms with Gasteiger partial charge in [0.25, 0.3) is 0 Å². The standard InChI is InChI=1S/C15H23NO/c1-3-5-14(16-2)11-17-15-9-8-12-6-4-7-13(12)10-15/h8-10,14,16H,3-7,11H2,1-2H3.